The van der Waals surface area contributed by atoms with E-state index in [1.165, 1.54) is 10.6 Å². The van der Waals surface area contributed by atoms with Crippen molar-refractivity contribution in [3.05, 3.63) is 28.5 Å². The Hall–Kier alpha value is -1.83. The first kappa shape index (κ1) is 15.6. The van der Waals surface area contributed by atoms with Gasteiger partial charge in [-0.2, -0.15) is 13.2 Å². The Labute approximate surface area is 124 Å². The fourth-order valence-corrected chi connectivity index (χ4v) is 2.23. The zero-order valence-corrected chi connectivity index (χ0v) is 12.1. The number of carbonyl (C=O) groups is 1. The van der Waals surface area contributed by atoms with Crippen LogP contribution in [0.2, 0.25) is 0 Å². The smallest absolute Gasteiger partial charge is 0.355 e. The van der Waals surface area contributed by atoms with E-state index >= 15 is 0 Å². The second-order valence-electron chi connectivity index (χ2n) is 4.60. The average molecular weight is 317 g/mol. The maximum absolute atomic E-state index is 12.7. The number of imidazole rings is 1. The Morgan fingerprint density at radius 1 is 1.43 bits per heavy atom. The van der Waals surface area contributed by atoms with Crippen molar-refractivity contribution >= 4 is 29.2 Å². The van der Waals surface area contributed by atoms with E-state index < -0.39 is 11.7 Å². The maximum atomic E-state index is 12.7. The lowest BCUT2D eigenvalue weighted by atomic mass is 10.2. The summed E-state index contributed by atoms with van der Waals surface area (Å²) in [6.07, 6.45) is -3.61. The monoisotopic (exact) mass is 317 g/mol. The minimum absolute atomic E-state index is 0.0236. The molecule has 0 aliphatic rings. The zero-order valence-electron chi connectivity index (χ0n) is 11.3. The van der Waals surface area contributed by atoms with Crippen molar-refractivity contribution in [3.8, 4) is 0 Å². The van der Waals surface area contributed by atoms with Crippen molar-refractivity contribution in [2.75, 3.05) is 6.54 Å². The van der Waals surface area contributed by atoms with Gasteiger partial charge in [0.15, 0.2) is 4.77 Å². The van der Waals surface area contributed by atoms with Gasteiger partial charge in [-0.25, -0.2) is 0 Å². The highest BCUT2D eigenvalue weighted by molar-refractivity contribution is 7.71. The zero-order chi connectivity index (χ0) is 15.6. The van der Waals surface area contributed by atoms with Gasteiger partial charge >= 0.3 is 6.18 Å². The van der Waals surface area contributed by atoms with Gasteiger partial charge in [-0.1, -0.05) is 6.92 Å². The molecule has 0 aliphatic heterocycles. The van der Waals surface area contributed by atoms with Gasteiger partial charge in [0.2, 0.25) is 5.91 Å². The number of aromatic nitrogens is 2. The van der Waals surface area contributed by atoms with Gasteiger partial charge in [-0.3, -0.25) is 4.79 Å². The van der Waals surface area contributed by atoms with Crippen LogP contribution in [0.3, 0.4) is 0 Å². The number of nitrogens with zero attached hydrogens (tertiary/aromatic N) is 1. The number of fused-ring (bicyclic) bond motifs is 1. The first-order valence-corrected chi connectivity index (χ1v) is 6.80. The van der Waals surface area contributed by atoms with Crippen LogP contribution in [-0.4, -0.2) is 22.0 Å². The van der Waals surface area contributed by atoms with Crippen molar-refractivity contribution in [1.29, 1.82) is 0 Å². The number of amides is 1. The van der Waals surface area contributed by atoms with E-state index in [1.807, 2.05) is 6.92 Å². The van der Waals surface area contributed by atoms with Crippen LogP contribution in [0.15, 0.2) is 18.2 Å². The number of alkyl halides is 3. The molecular weight excluding hydrogens is 303 g/mol. The molecule has 0 saturated heterocycles. The molecular formula is C13H14F3N3OS. The molecule has 0 radical (unpaired) electrons. The van der Waals surface area contributed by atoms with Crippen molar-refractivity contribution in [2.24, 2.45) is 0 Å². The van der Waals surface area contributed by atoms with E-state index in [-0.39, 0.29) is 22.7 Å². The van der Waals surface area contributed by atoms with Crippen molar-refractivity contribution in [2.45, 2.75) is 26.1 Å². The number of hydrogen-bond acceptors (Lipinski definition) is 2. The average Bonchev–Trinajstić information content (AvgIpc) is 2.71. The van der Waals surface area contributed by atoms with Crippen LogP contribution in [0.5, 0.6) is 0 Å². The first-order chi connectivity index (χ1) is 9.82. The van der Waals surface area contributed by atoms with Crippen LogP contribution in [0, 0.1) is 4.77 Å². The van der Waals surface area contributed by atoms with E-state index in [0.29, 0.717) is 12.1 Å². The SMILES string of the molecule is CCCNC(=O)Cn1c(=S)[nH]c2cc(C(F)(F)F)ccc21. The maximum Gasteiger partial charge on any atom is 0.416 e. The Balaban J connectivity index is 2.35. The molecule has 0 saturated carbocycles. The molecule has 2 N–H and O–H groups in total. The summed E-state index contributed by atoms with van der Waals surface area (Å²) in [6.45, 7) is 2.45. The molecule has 0 fully saturated rings. The van der Waals surface area contributed by atoms with Crippen LogP contribution in [0.4, 0.5) is 13.2 Å². The van der Waals surface area contributed by atoms with E-state index in [0.717, 1.165) is 18.6 Å². The lowest BCUT2D eigenvalue weighted by Gasteiger charge is -2.08. The molecule has 21 heavy (non-hydrogen) atoms. The van der Waals surface area contributed by atoms with Gasteiger partial charge in [0.1, 0.15) is 6.54 Å². The fourth-order valence-electron chi connectivity index (χ4n) is 1.96. The summed E-state index contributed by atoms with van der Waals surface area (Å²) in [5, 5.41) is 2.70. The Kier molecular flexibility index (Phi) is 4.36. The van der Waals surface area contributed by atoms with Gasteiger partial charge in [0.05, 0.1) is 16.6 Å². The number of halogens is 3. The molecule has 114 valence electrons. The number of benzene rings is 1. The van der Waals surface area contributed by atoms with Crippen LogP contribution in [0.1, 0.15) is 18.9 Å². The normalized spacial score (nSPS) is 11.8. The molecule has 1 aromatic carbocycles. The molecule has 0 spiro atoms. The van der Waals surface area contributed by atoms with Crippen LogP contribution in [-0.2, 0) is 17.5 Å². The predicted octanol–water partition coefficient (Wildman–Crippen LogP) is 3.24. The Bertz CT molecular complexity index is 718. The molecule has 1 heterocycles. The second kappa shape index (κ2) is 5.88. The molecule has 1 aromatic heterocycles. The third-order valence-electron chi connectivity index (χ3n) is 2.98. The van der Waals surface area contributed by atoms with Gasteiger partial charge in [-0.05, 0) is 36.8 Å². The summed E-state index contributed by atoms with van der Waals surface area (Å²) in [4.78, 5) is 14.4. The van der Waals surface area contributed by atoms with Gasteiger partial charge in [0, 0.05) is 6.54 Å². The molecule has 0 atom stereocenters. The Morgan fingerprint density at radius 3 is 2.76 bits per heavy atom. The van der Waals surface area contributed by atoms with Crippen molar-refractivity contribution in [3.63, 3.8) is 0 Å². The van der Waals surface area contributed by atoms with E-state index in [1.54, 1.807) is 0 Å². The summed E-state index contributed by atoms with van der Waals surface area (Å²) < 4.78 is 39.7. The van der Waals surface area contributed by atoms with Gasteiger partial charge < -0.3 is 14.9 Å². The van der Waals surface area contributed by atoms with Crippen LogP contribution >= 0.6 is 12.2 Å². The number of nitrogens with one attached hydrogen (secondary N) is 2. The largest absolute Gasteiger partial charge is 0.416 e. The summed E-state index contributed by atoms with van der Waals surface area (Å²) >= 11 is 5.07. The molecule has 0 aliphatic carbocycles. The molecule has 1 amide bonds. The number of H-pyrrole nitrogens is 1. The lowest BCUT2D eigenvalue weighted by molar-refractivity contribution is -0.137. The minimum Gasteiger partial charge on any atom is -0.355 e. The Morgan fingerprint density at radius 2 is 2.14 bits per heavy atom. The van der Waals surface area contributed by atoms with Gasteiger partial charge in [0.25, 0.3) is 0 Å². The number of rotatable bonds is 4. The van der Waals surface area contributed by atoms with E-state index in [2.05, 4.69) is 10.3 Å². The molecule has 0 unspecified atom stereocenters. The third-order valence-corrected chi connectivity index (χ3v) is 3.30. The molecule has 4 nitrogen and oxygen atoms in total. The third kappa shape index (κ3) is 3.44. The van der Waals surface area contributed by atoms with Crippen LogP contribution < -0.4 is 5.32 Å². The molecule has 0 bridgehead atoms. The molecule has 2 aromatic rings. The van der Waals surface area contributed by atoms with E-state index in [9.17, 15) is 18.0 Å². The summed E-state index contributed by atoms with van der Waals surface area (Å²) in [5.41, 5.74) is -0.0217. The topological polar surface area (TPSA) is 49.8 Å². The second-order valence-corrected chi connectivity index (χ2v) is 4.98. The first-order valence-electron chi connectivity index (χ1n) is 6.39. The van der Waals surface area contributed by atoms with Gasteiger partial charge in [-0.15, -0.1) is 0 Å². The van der Waals surface area contributed by atoms with Crippen molar-refractivity contribution < 1.29 is 18.0 Å². The molecule has 8 heteroatoms. The van der Waals surface area contributed by atoms with E-state index in [4.69, 9.17) is 12.2 Å². The molecule has 2 rings (SSSR count). The highest BCUT2D eigenvalue weighted by Crippen LogP contribution is 2.31. The number of carbonyl (C=O) groups excluding carboxylic acids is 1. The quantitative estimate of drug-likeness (QED) is 0.851. The predicted molar refractivity (Wildman–Crippen MR) is 75.4 cm³/mol. The summed E-state index contributed by atoms with van der Waals surface area (Å²) in [7, 11) is 0. The number of hydrogen-bond donors (Lipinski definition) is 2. The number of aromatic amines is 1. The fraction of sp³-hybridized carbons (Fsp3) is 0.385. The lowest BCUT2D eigenvalue weighted by Crippen LogP contribution is -2.28. The van der Waals surface area contributed by atoms with Crippen molar-refractivity contribution in [1.82, 2.24) is 14.9 Å². The summed E-state index contributed by atoms with van der Waals surface area (Å²) in [6, 6.07) is 3.29. The highest BCUT2D eigenvalue weighted by atomic mass is 32.1. The summed E-state index contributed by atoms with van der Waals surface area (Å²) in [5.74, 6) is -0.228. The standard InChI is InChI=1S/C13H14F3N3OS/c1-2-5-17-11(20)7-19-10-4-3-8(13(14,15)16)6-9(10)18-12(19)21/h3-4,6H,2,5,7H2,1H3,(H,17,20)(H,18,21). The highest BCUT2D eigenvalue weighted by Gasteiger charge is 2.30. The van der Waals surface area contributed by atoms with Crippen LogP contribution in [0.25, 0.3) is 11.0 Å². The minimum atomic E-state index is -4.41.